The van der Waals surface area contributed by atoms with Crippen molar-refractivity contribution >= 4 is 21.9 Å². The number of hydrogen-bond acceptors (Lipinski definition) is 3. The third-order valence-corrected chi connectivity index (χ3v) is 2.93. The molecule has 0 aliphatic heterocycles. The number of carboxylic acids is 1. The molecule has 0 aromatic heterocycles. The van der Waals surface area contributed by atoms with Crippen molar-refractivity contribution in [2.75, 3.05) is 6.61 Å². The molecule has 2 aromatic rings. The molecule has 0 atom stereocenters. The van der Waals surface area contributed by atoms with Gasteiger partial charge < -0.3 is 14.6 Å². The fourth-order valence-electron chi connectivity index (χ4n) is 1.68. The lowest BCUT2D eigenvalue weighted by molar-refractivity contribution is 0.0696. The van der Waals surface area contributed by atoms with Gasteiger partial charge in [0.2, 0.25) is 0 Å². The molecule has 1 N–H and O–H groups in total. The molecule has 0 heterocycles. The van der Waals surface area contributed by atoms with Crippen molar-refractivity contribution in [1.82, 2.24) is 0 Å². The quantitative estimate of drug-likeness (QED) is 0.882. The van der Waals surface area contributed by atoms with Crippen LogP contribution >= 0.6 is 15.9 Å². The van der Waals surface area contributed by atoms with Gasteiger partial charge in [-0.15, -0.1) is 0 Å². The maximum atomic E-state index is 11.0. The first-order chi connectivity index (χ1) is 9.58. The summed E-state index contributed by atoms with van der Waals surface area (Å²) in [7, 11) is 0. The molecule has 0 amide bonds. The zero-order valence-corrected chi connectivity index (χ0v) is 12.4. The summed E-state index contributed by atoms with van der Waals surface area (Å²) in [5.41, 5.74) is 0.162. The summed E-state index contributed by atoms with van der Waals surface area (Å²) in [5, 5.41) is 9.02. The lowest BCUT2D eigenvalue weighted by Gasteiger charge is -2.09. The van der Waals surface area contributed by atoms with Gasteiger partial charge in [0, 0.05) is 10.5 Å². The second-order valence-corrected chi connectivity index (χ2v) is 4.91. The average molecular weight is 337 g/mol. The summed E-state index contributed by atoms with van der Waals surface area (Å²) in [6.07, 6.45) is 0. The van der Waals surface area contributed by atoms with E-state index in [0.29, 0.717) is 28.3 Å². The summed E-state index contributed by atoms with van der Waals surface area (Å²) in [5.74, 6) is 0.744. The molecule has 0 saturated carbocycles. The molecule has 0 aliphatic rings. The van der Waals surface area contributed by atoms with E-state index in [4.69, 9.17) is 14.6 Å². The minimum Gasteiger partial charge on any atom is -0.494 e. The van der Waals surface area contributed by atoms with E-state index in [0.717, 1.165) is 0 Å². The van der Waals surface area contributed by atoms with Crippen LogP contribution in [0, 0.1) is 0 Å². The Labute approximate surface area is 125 Å². The maximum Gasteiger partial charge on any atom is 0.335 e. The molecule has 20 heavy (non-hydrogen) atoms. The van der Waals surface area contributed by atoms with Crippen LogP contribution in [0.25, 0.3) is 0 Å². The van der Waals surface area contributed by atoms with E-state index in [1.807, 2.05) is 19.1 Å². The summed E-state index contributed by atoms with van der Waals surface area (Å²) >= 11 is 3.27. The highest BCUT2D eigenvalue weighted by Crippen LogP contribution is 2.28. The van der Waals surface area contributed by atoms with Gasteiger partial charge >= 0.3 is 5.97 Å². The number of benzene rings is 2. The molecule has 5 heteroatoms. The van der Waals surface area contributed by atoms with Gasteiger partial charge in [0.15, 0.2) is 0 Å². The van der Waals surface area contributed by atoms with Crippen molar-refractivity contribution in [3.8, 4) is 17.2 Å². The van der Waals surface area contributed by atoms with E-state index in [1.165, 1.54) is 12.1 Å². The normalized spacial score (nSPS) is 10.1. The van der Waals surface area contributed by atoms with Crippen LogP contribution in [-0.4, -0.2) is 17.7 Å². The third-order valence-electron chi connectivity index (χ3n) is 2.47. The fraction of sp³-hybridized carbons (Fsp3) is 0.133. The molecule has 0 radical (unpaired) electrons. The first kappa shape index (κ1) is 14.4. The number of rotatable bonds is 5. The lowest BCUT2D eigenvalue weighted by atomic mass is 10.2. The number of ether oxygens (including phenoxy) is 2. The van der Waals surface area contributed by atoms with Crippen LogP contribution in [0.5, 0.6) is 17.2 Å². The van der Waals surface area contributed by atoms with Gasteiger partial charge in [0.1, 0.15) is 17.2 Å². The largest absolute Gasteiger partial charge is 0.494 e. The predicted molar refractivity (Wildman–Crippen MR) is 78.8 cm³/mol. The second-order valence-electron chi connectivity index (χ2n) is 3.99. The molecule has 0 fully saturated rings. The van der Waals surface area contributed by atoms with E-state index in [1.54, 1.807) is 18.2 Å². The van der Waals surface area contributed by atoms with Crippen LogP contribution < -0.4 is 9.47 Å². The molecule has 2 rings (SSSR count). The molecule has 0 spiro atoms. The van der Waals surface area contributed by atoms with Crippen molar-refractivity contribution < 1.29 is 19.4 Å². The first-order valence-electron chi connectivity index (χ1n) is 6.03. The van der Waals surface area contributed by atoms with Crippen LogP contribution in [0.15, 0.2) is 46.9 Å². The standard InChI is InChI=1S/C15H13BrO4/c1-2-19-12-4-3-5-13(9-12)20-14-7-10(15(17)18)6-11(16)8-14/h3-9H,2H2,1H3,(H,17,18). The highest BCUT2D eigenvalue weighted by Gasteiger charge is 2.08. The van der Waals surface area contributed by atoms with Crippen LogP contribution in [-0.2, 0) is 0 Å². The van der Waals surface area contributed by atoms with Crippen molar-refractivity contribution in [1.29, 1.82) is 0 Å². The van der Waals surface area contributed by atoms with E-state index in [-0.39, 0.29) is 5.56 Å². The van der Waals surface area contributed by atoms with E-state index in [9.17, 15) is 4.79 Å². The summed E-state index contributed by atoms with van der Waals surface area (Å²) in [4.78, 5) is 11.0. The minimum atomic E-state index is -1.00. The second kappa shape index (κ2) is 6.43. The monoisotopic (exact) mass is 336 g/mol. The van der Waals surface area contributed by atoms with Gasteiger partial charge in [-0.2, -0.15) is 0 Å². The Bertz CT molecular complexity index is 625. The molecule has 104 valence electrons. The first-order valence-corrected chi connectivity index (χ1v) is 6.82. The van der Waals surface area contributed by atoms with E-state index in [2.05, 4.69) is 15.9 Å². The molecule has 0 saturated heterocycles. The molecular weight excluding hydrogens is 324 g/mol. The Morgan fingerprint density at radius 2 is 1.90 bits per heavy atom. The Hall–Kier alpha value is -2.01. The Morgan fingerprint density at radius 1 is 1.15 bits per heavy atom. The summed E-state index contributed by atoms with van der Waals surface area (Å²) < 4.78 is 11.7. The number of aromatic carboxylic acids is 1. The topological polar surface area (TPSA) is 55.8 Å². The van der Waals surface area contributed by atoms with Crippen molar-refractivity contribution in [2.45, 2.75) is 6.92 Å². The number of halogens is 1. The SMILES string of the molecule is CCOc1cccc(Oc2cc(Br)cc(C(=O)O)c2)c1. The van der Waals surface area contributed by atoms with Gasteiger partial charge in [-0.05, 0) is 37.3 Å². The number of carbonyl (C=O) groups is 1. The van der Waals surface area contributed by atoms with Gasteiger partial charge in [0.25, 0.3) is 0 Å². The molecule has 4 nitrogen and oxygen atoms in total. The Balaban J connectivity index is 2.25. The van der Waals surface area contributed by atoms with Crippen LogP contribution in [0.2, 0.25) is 0 Å². The molecular formula is C15H13BrO4. The van der Waals surface area contributed by atoms with Crippen molar-refractivity contribution in [3.63, 3.8) is 0 Å². The minimum absolute atomic E-state index is 0.162. The third kappa shape index (κ3) is 3.74. The highest BCUT2D eigenvalue weighted by atomic mass is 79.9. The van der Waals surface area contributed by atoms with Crippen LogP contribution in [0.4, 0.5) is 0 Å². The predicted octanol–water partition coefficient (Wildman–Crippen LogP) is 4.34. The number of hydrogen-bond donors (Lipinski definition) is 1. The van der Waals surface area contributed by atoms with Crippen molar-refractivity contribution in [3.05, 3.63) is 52.5 Å². The Kier molecular flexibility index (Phi) is 4.63. The summed E-state index contributed by atoms with van der Waals surface area (Å²) in [6, 6.07) is 11.9. The zero-order chi connectivity index (χ0) is 14.5. The molecule has 0 aliphatic carbocycles. The van der Waals surface area contributed by atoms with Gasteiger partial charge in [-0.25, -0.2) is 4.79 Å². The highest BCUT2D eigenvalue weighted by molar-refractivity contribution is 9.10. The van der Waals surface area contributed by atoms with Crippen LogP contribution in [0.3, 0.4) is 0 Å². The van der Waals surface area contributed by atoms with E-state index < -0.39 is 5.97 Å². The van der Waals surface area contributed by atoms with Crippen molar-refractivity contribution in [2.24, 2.45) is 0 Å². The Morgan fingerprint density at radius 3 is 2.60 bits per heavy atom. The number of carboxylic acid groups (broad SMARTS) is 1. The van der Waals surface area contributed by atoms with Crippen LogP contribution in [0.1, 0.15) is 17.3 Å². The molecule has 0 unspecified atom stereocenters. The lowest BCUT2D eigenvalue weighted by Crippen LogP contribution is -1.97. The van der Waals surface area contributed by atoms with Gasteiger partial charge in [0.05, 0.1) is 12.2 Å². The zero-order valence-electron chi connectivity index (χ0n) is 10.8. The van der Waals surface area contributed by atoms with Gasteiger partial charge in [-0.1, -0.05) is 22.0 Å². The van der Waals surface area contributed by atoms with E-state index >= 15 is 0 Å². The fourth-order valence-corrected chi connectivity index (χ4v) is 2.15. The average Bonchev–Trinajstić information content (AvgIpc) is 2.38. The van der Waals surface area contributed by atoms with Gasteiger partial charge in [-0.3, -0.25) is 0 Å². The maximum absolute atomic E-state index is 11.0. The summed E-state index contributed by atoms with van der Waals surface area (Å²) in [6.45, 7) is 2.48. The molecule has 0 bridgehead atoms. The smallest absolute Gasteiger partial charge is 0.335 e. The molecule has 2 aromatic carbocycles.